The lowest BCUT2D eigenvalue weighted by Gasteiger charge is -2.34. The summed E-state index contributed by atoms with van der Waals surface area (Å²) in [5.41, 5.74) is 1.85. The van der Waals surface area contributed by atoms with Crippen molar-refractivity contribution in [1.82, 2.24) is 15.5 Å². The van der Waals surface area contributed by atoms with Crippen molar-refractivity contribution >= 4 is 29.7 Å². The second-order valence-electron chi connectivity index (χ2n) is 9.72. The molecule has 34 heavy (non-hydrogen) atoms. The third-order valence-corrected chi connectivity index (χ3v) is 5.42. The van der Waals surface area contributed by atoms with Gasteiger partial charge in [-0.05, 0) is 72.5 Å². The summed E-state index contributed by atoms with van der Waals surface area (Å²) in [6, 6.07) is 3.72. The van der Waals surface area contributed by atoms with E-state index in [9.17, 15) is 19.5 Å². The first-order valence-electron chi connectivity index (χ1n) is 11.6. The molecule has 0 aliphatic carbocycles. The summed E-state index contributed by atoms with van der Waals surface area (Å²) < 4.78 is 5.36. The van der Waals surface area contributed by atoms with E-state index >= 15 is 0 Å². The Bertz CT molecular complexity index is 818. The quantitative estimate of drug-likeness (QED) is 0.435. The number of nitrogens with zero attached hydrogens (tertiary/aromatic N) is 1. The fourth-order valence-electron chi connectivity index (χ4n) is 3.62. The van der Waals surface area contributed by atoms with Gasteiger partial charge >= 0.3 is 6.09 Å². The van der Waals surface area contributed by atoms with Gasteiger partial charge < -0.3 is 25.4 Å². The van der Waals surface area contributed by atoms with E-state index in [1.165, 1.54) is 4.90 Å². The molecule has 1 aromatic rings. The van der Waals surface area contributed by atoms with Crippen molar-refractivity contribution in [2.24, 2.45) is 0 Å². The zero-order chi connectivity index (χ0) is 26.1. The van der Waals surface area contributed by atoms with Gasteiger partial charge in [0.05, 0.1) is 6.61 Å². The van der Waals surface area contributed by atoms with Gasteiger partial charge in [0.1, 0.15) is 17.7 Å². The number of aliphatic hydroxyl groups excluding tert-OH is 1. The third-order valence-electron chi connectivity index (χ3n) is 4.77. The Morgan fingerprint density at radius 1 is 1.09 bits per heavy atom. The molecule has 0 aliphatic heterocycles. The molecular weight excluding hydrogens is 454 g/mol. The predicted molar refractivity (Wildman–Crippen MR) is 137 cm³/mol. The maximum atomic E-state index is 13.8. The second kappa shape index (κ2) is 13.6. The van der Waals surface area contributed by atoms with Crippen LogP contribution in [0.3, 0.4) is 0 Å². The largest absolute Gasteiger partial charge is 0.444 e. The maximum Gasteiger partial charge on any atom is 0.408 e. The van der Waals surface area contributed by atoms with Gasteiger partial charge in [0, 0.05) is 12.6 Å². The Labute approximate surface area is 208 Å². The average molecular weight is 496 g/mol. The molecule has 0 saturated heterocycles. The van der Waals surface area contributed by atoms with Gasteiger partial charge in [-0.3, -0.25) is 9.59 Å². The highest BCUT2D eigenvalue weighted by Crippen LogP contribution is 2.25. The molecule has 3 amide bonds. The van der Waals surface area contributed by atoms with Gasteiger partial charge in [-0.25, -0.2) is 4.79 Å². The van der Waals surface area contributed by atoms with Gasteiger partial charge in [0.25, 0.3) is 0 Å². The Morgan fingerprint density at radius 3 is 2.15 bits per heavy atom. The number of benzene rings is 1. The first-order valence-corrected chi connectivity index (χ1v) is 13.0. The Hall–Kier alpha value is -2.26. The summed E-state index contributed by atoms with van der Waals surface area (Å²) in [6.07, 6.45) is 1.56. The van der Waals surface area contributed by atoms with Crippen LogP contribution in [0, 0.1) is 13.8 Å². The van der Waals surface area contributed by atoms with Crippen LogP contribution in [0.2, 0.25) is 0 Å². The molecule has 8 nitrogen and oxygen atoms in total. The minimum atomic E-state index is -0.960. The van der Waals surface area contributed by atoms with Gasteiger partial charge in [0.2, 0.25) is 11.8 Å². The van der Waals surface area contributed by atoms with Crippen molar-refractivity contribution in [1.29, 1.82) is 0 Å². The highest BCUT2D eigenvalue weighted by molar-refractivity contribution is 7.98. The van der Waals surface area contributed by atoms with Crippen molar-refractivity contribution in [3.63, 3.8) is 0 Å². The van der Waals surface area contributed by atoms with Crippen LogP contribution < -0.4 is 10.6 Å². The SMILES string of the molecule is CSCCC(NC(=O)OC(C)(C)C)C(=O)N(CCO)C(C(=O)NC(C)C)c1cc(C)cc(C)c1. The number of carbonyl (C=O) groups excluding carboxylic acids is 3. The number of rotatable bonds is 11. The molecule has 0 saturated carbocycles. The lowest BCUT2D eigenvalue weighted by atomic mass is 9.98. The molecular formula is C25H41N3O5S. The number of ether oxygens (including phenoxy) is 1. The molecule has 1 aromatic carbocycles. The smallest absolute Gasteiger partial charge is 0.408 e. The third kappa shape index (κ3) is 9.93. The lowest BCUT2D eigenvalue weighted by molar-refractivity contribution is -0.143. The van der Waals surface area contributed by atoms with Crippen LogP contribution in [0.25, 0.3) is 0 Å². The standard InChI is InChI=1S/C25H41N3O5S/c1-16(2)26-22(30)21(19-14-17(3)13-18(4)15-19)28(10-11-29)23(31)20(9-12-34-8)27-24(32)33-25(5,6)7/h13-16,20-21,29H,9-12H2,1-8H3,(H,26,30)(H,27,32). The van der Waals surface area contributed by atoms with Crippen molar-refractivity contribution in [2.75, 3.05) is 25.2 Å². The number of alkyl carbamates (subject to hydrolysis) is 1. The van der Waals surface area contributed by atoms with Crippen LogP contribution in [-0.4, -0.2) is 70.8 Å². The zero-order valence-electron chi connectivity index (χ0n) is 21.7. The molecule has 2 atom stereocenters. The summed E-state index contributed by atoms with van der Waals surface area (Å²) in [5.74, 6) is -0.175. The Balaban J connectivity index is 3.44. The summed E-state index contributed by atoms with van der Waals surface area (Å²) in [7, 11) is 0. The molecule has 0 bridgehead atoms. The number of hydrogen-bond acceptors (Lipinski definition) is 6. The Morgan fingerprint density at radius 2 is 1.68 bits per heavy atom. The van der Waals surface area contributed by atoms with Gasteiger partial charge in [0.15, 0.2) is 0 Å². The van der Waals surface area contributed by atoms with E-state index in [4.69, 9.17) is 4.74 Å². The van der Waals surface area contributed by atoms with E-state index in [-0.39, 0.29) is 25.1 Å². The molecule has 0 heterocycles. The van der Waals surface area contributed by atoms with E-state index in [1.807, 2.05) is 52.1 Å². The normalized spacial score (nSPS) is 13.2. The summed E-state index contributed by atoms with van der Waals surface area (Å²) in [5, 5.41) is 15.4. The fraction of sp³-hybridized carbons (Fsp3) is 0.640. The maximum absolute atomic E-state index is 13.8. The molecule has 3 N–H and O–H groups in total. The minimum absolute atomic E-state index is 0.0617. The molecule has 1 rings (SSSR count). The number of amides is 3. The highest BCUT2D eigenvalue weighted by Gasteiger charge is 2.36. The van der Waals surface area contributed by atoms with Gasteiger partial charge in [-0.15, -0.1) is 0 Å². The van der Waals surface area contributed by atoms with Crippen LogP contribution in [0.4, 0.5) is 4.79 Å². The molecule has 192 valence electrons. The van der Waals surface area contributed by atoms with Crippen molar-refractivity contribution in [3.05, 3.63) is 34.9 Å². The molecule has 0 spiro atoms. The van der Waals surface area contributed by atoms with Crippen LogP contribution in [-0.2, 0) is 14.3 Å². The number of nitrogens with one attached hydrogen (secondary N) is 2. The molecule has 0 fully saturated rings. The summed E-state index contributed by atoms with van der Waals surface area (Å²) in [6.45, 7) is 12.4. The van der Waals surface area contributed by atoms with Crippen LogP contribution in [0.15, 0.2) is 18.2 Å². The number of aliphatic hydroxyl groups is 1. The van der Waals surface area contributed by atoms with E-state index < -0.39 is 29.7 Å². The van der Waals surface area contributed by atoms with E-state index in [1.54, 1.807) is 32.5 Å². The van der Waals surface area contributed by atoms with Crippen molar-refractivity contribution in [2.45, 2.75) is 78.6 Å². The van der Waals surface area contributed by atoms with Gasteiger partial charge in [-0.1, -0.05) is 29.3 Å². The summed E-state index contributed by atoms with van der Waals surface area (Å²) in [4.78, 5) is 41.0. The van der Waals surface area contributed by atoms with Crippen LogP contribution in [0.5, 0.6) is 0 Å². The average Bonchev–Trinajstić information content (AvgIpc) is 2.67. The first kappa shape index (κ1) is 29.8. The van der Waals surface area contributed by atoms with Crippen molar-refractivity contribution < 1.29 is 24.2 Å². The number of aryl methyl sites for hydroxylation is 2. The van der Waals surface area contributed by atoms with Gasteiger partial charge in [-0.2, -0.15) is 11.8 Å². The lowest BCUT2D eigenvalue weighted by Crippen LogP contribution is -2.54. The highest BCUT2D eigenvalue weighted by atomic mass is 32.2. The number of thioether (sulfide) groups is 1. The van der Waals surface area contributed by atoms with Crippen LogP contribution in [0.1, 0.15) is 63.8 Å². The topological polar surface area (TPSA) is 108 Å². The predicted octanol–water partition coefficient (Wildman–Crippen LogP) is 3.34. The Kier molecular flexibility index (Phi) is 11.9. The number of carbonyl (C=O) groups is 3. The fourth-order valence-corrected chi connectivity index (χ4v) is 4.09. The molecule has 0 aliphatic rings. The van der Waals surface area contributed by atoms with Crippen LogP contribution >= 0.6 is 11.8 Å². The molecule has 0 radical (unpaired) electrons. The molecule has 0 aromatic heterocycles. The minimum Gasteiger partial charge on any atom is -0.444 e. The van der Waals surface area contributed by atoms with Crippen molar-refractivity contribution in [3.8, 4) is 0 Å². The van der Waals surface area contributed by atoms with E-state index in [0.29, 0.717) is 17.7 Å². The first-order chi connectivity index (χ1) is 15.8. The molecule has 2 unspecified atom stereocenters. The monoisotopic (exact) mass is 495 g/mol. The van der Waals surface area contributed by atoms with E-state index in [2.05, 4.69) is 10.6 Å². The second-order valence-corrected chi connectivity index (χ2v) is 10.7. The summed E-state index contributed by atoms with van der Waals surface area (Å²) >= 11 is 1.54. The number of hydrogen-bond donors (Lipinski definition) is 3. The van der Waals surface area contributed by atoms with E-state index in [0.717, 1.165) is 11.1 Å². The zero-order valence-corrected chi connectivity index (χ0v) is 22.5. The molecule has 9 heteroatoms.